The summed E-state index contributed by atoms with van der Waals surface area (Å²) < 4.78 is 37.1. The summed E-state index contributed by atoms with van der Waals surface area (Å²) in [6, 6.07) is 49.8. The Kier molecular flexibility index (Phi) is 40.3. The van der Waals surface area contributed by atoms with Gasteiger partial charge < -0.3 is 28.4 Å². The molecule has 2 aromatic heterocycles. The van der Waals surface area contributed by atoms with Crippen LogP contribution in [0.2, 0.25) is 0 Å². The maximum atomic E-state index is 6.43. The molecule has 10 nitrogen and oxygen atoms in total. The van der Waals surface area contributed by atoms with E-state index in [1.807, 2.05) is 73.3 Å². The second kappa shape index (κ2) is 51.4. The lowest BCUT2D eigenvalue weighted by molar-refractivity contribution is 0.300. The number of para-hydroxylation sites is 2. The van der Waals surface area contributed by atoms with Crippen LogP contribution in [0, 0.1) is 0 Å². The Balaban J connectivity index is 0.573. The molecule has 8 aromatic rings. The zero-order chi connectivity index (χ0) is 70.6. The summed E-state index contributed by atoms with van der Waals surface area (Å²) >= 11 is 0. The van der Waals surface area contributed by atoms with Crippen LogP contribution in [-0.2, 0) is 0 Å². The molecule has 10 heteroatoms. The van der Waals surface area contributed by atoms with Crippen LogP contribution >= 0.6 is 0 Å². The predicted octanol–water partition coefficient (Wildman–Crippen LogP) is 26.9. The van der Waals surface area contributed by atoms with E-state index in [0.717, 1.165) is 157 Å². The Morgan fingerprint density at radius 3 is 0.647 bits per heavy atom. The molecule has 0 aliphatic rings. The Hall–Kier alpha value is -7.72. The van der Waals surface area contributed by atoms with Gasteiger partial charge in [-0.25, -0.2) is 19.9 Å². The zero-order valence-electron chi connectivity index (χ0n) is 62.9. The van der Waals surface area contributed by atoms with Crippen molar-refractivity contribution in [3.05, 3.63) is 170 Å². The van der Waals surface area contributed by atoms with Crippen molar-refractivity contribution < 1.29 is 28.4 Å². The minimum absolute atomic E-state index is 0.717. The van der Waals surface area contributed by atoms with Crippen LogP contribution < -0.4 is 28.4 Å². The number of benzene rings is 6. The van der Waals surface area contributed by atoms with E-state index >= 15 is 0 Å². The molecule has 0 spiro atoms. The first-order valence-electron chi connectivity index (χ1n) is 40.6. The molecule has 102 heavy (non-hydrogen) atoms. The van der Waals surface area contributed by atoms with Gasteiger partial charge in [0.1, 0.15) is 34.5 Å². The average Bonchev–Trinajstić information content (AvgIpc) is 0.839. The number of hydrogen-bond donors (Lipinski definition) is 0. The molecular weight excluding hydrogens is 1260 g/mol. The number of hydrogen-bond acceptors (Lipinski definition) is 10. The van der Waals surface area contributed by atoms with Gasteiger partial charge in [-0.1, -0.05) is 293 Å². The number of aromatic nitrogens is 4. The van der Waals surface area contributed by atoms with Crippen molar-refractivity contribution in [3.8, 4) is 90.7 Å². The summed E-state index contributed by atoms with van der Waals surface area (Å²) in [7, 11) is 0. The molecule has 550 valence electrons. The molecular formula is C92H126N4O6. The van der Waals surface area contributed by atoms with Gasteiger partial charge in [-0.05, 0) is 135 Å². The molecule has 8 rings (SSSR count). The number of rotatable bonds is 59. The highest BCUT2D eigenvalue weighted by Crippen LogP contribution is 2.37. The Bertz CT molecular complexity index is 3130. The highest BCUT2D eigenvalue weighted by molar-refractivity contribution is 5.76. The van der Waals surface area contributed by atoms with E-state index < -0.39 is 0 Å². The highest BCUT2D eigenvalue weighted by atomic mass is 16.5. The highest BCUT2D eigenvalue weighted by Gasteiger charge is 2.13. The van der Waals surface area contributed by atoms with Gasteiger partial charge in [0.2, 0.25) is 0 Å². The Labute approximate surface area is 616 Å². The second-order valence-corrected chi connectivity index (χ2v) is 28.2. The standard InChI is InChI=1S/C92H126N4O6/c1-3-5-7-9-11-13-19-25-31-43-69-99-85-63-55-79(56-64-85)91-93-73-81(74-94-91)77-51-59-83(60-52-77)97-67-41-33-27-21-15-17-23-29-35-45-71-101-89-49-39-37-47-87(89)88-48-38-40-50-90(88)102-72-46-36-30-24-18-16-22-28-34-42-68-98-84-61-53-78(54-62-84)82-75-95-92(96-76-82)80-57-65-86(66-58-80)100-70-44-32-26-20-14-12-10-8-6-4-2/h37-40,47-66,73-76H,3-36,41-46,67-72H2,1-2H3. The number of nitrogens with zero attached hydrogens (tertiary/aromatic N) is 4. The molecule has 0 atom stereocenters. The van der Waals surface area contributed by atoms with E-state index in [1.54, 1.807) is 0 Å². The van der Waals surface area contributed by atoms with Crippen molar-refractivity contribution in [1.82, 2.24) is 19.9 Å². The SMILES string of the molecule is CCCCCCCCCCCCOc1ccc(-c2ncc(-c3ccc(OCCCCCCCCCCCCOc4ccccc4-c4ccccc4OCCCCCCCCCCCCOc4ccc(-c5cnc(-c6ccc(OCCCCCCCCCCCC)cc6)nc5)cc4)cc3)cn2)cc1. The van der Waals surface area contributed by atoms with Gasteiger partial charge in [0.15, 0.2) is 11.6 Å². The van der Waals surface area contributed by atoms with Crippen LogP contribution in [0.15, 0.2) is 170 Å². The molecule has 0 N–H and O–H groups in total. The van der Waals surface area contributed by atoms with Crippen molar-refractivity contribution in [2.24, 2.45) is 0 Å². The van der Waals surface area contributed by atoms with E-state index in [-0.39, 0.29) is 0 Å². The fraction of sp³-hybridized carbons (Fsp3) is 0.522. The third-order valence-corrected chi connectivity index (χ3v) is 19.6. The molecule has 0 radical (unpaired) electrons. The molecule has 2 heterocycles. The maximum Gasteiger partial charge on any atom is 0.159 e. The summed E-state index contributed by atoms with van der Waals surface area (Å²) in [6.45, 7) is 9.05. The molecule has 0 bridgehead atoms. The third-order valence-electron chi connectivity index (χ3n) is 19.6. The molecule has 0 aliphatic heterocycles. The van der Waals surface area contributed by atoms with Crippen molar-refractivity contribution in [2.75, 3.05) is 39.6 Å². The molecule has 0 saturated carbocycles. The molecule has 0 unspecified atom stereocenters. The first kappa shape index (κ1) is 80.0. The minimum Gasteiger partial charge on any atom is -0.494 e. The normalized spacial score (nSPS) is 11.3. The lowest BCUT2D eigenvalue weighted by Gasteiger charge is -2.15. The average molecular weight is 1380 g/mol. The van der Waals surface area contributed by atoms with Gasteiger partial charge >= 0.3 is 0 Å². The lowest BCUT2D eigenvalue weighted by atomic mass is 10.0. The van der Waals surface area contributed by atoms with Crippen LogP contribution in [0.3, 0.4) is 0 Å². The lowest BCUT2D eigenvalue weighted by Crippen LogP contribution is -2.01. The maximum absolute atomic E-state index is 6.43. The molecule has 0 fully saturated rings. The van der Waals surface area contributed by atoms with Crippen molar-refractivity contribution >= 4 is 0 Å². The summed E-state index contributed by atoms with van der Waals surface area (Å²) in [6.07, 6.45) is 58.7. The van der Waals surface area contributed by atoms with Gasteiger partial charge in [0.25, 0.3) is 0 Å². The molecule has 0 aliphatic carbocycles. The molecule has 0 amide bonds. The summed E-state index contributed by atoms with van der Waals surface area (Å²) in [5.41, 5.74) is 8.33. The van der Waals surface area contributed by atoms with Crippen molar-refractivity contribution in [2.45, 2.75) is 271 Å². The van der Waals surface area contributed by atoms with Crippen LogP contribution in [0.5, 0.6) is 34.5 Å². The summed E-state index contributed by atoms with van der Waals surface area (Å²) in [5.74, 6) is 6.93. The molecule has 6 aromatic carbocycles. The van der Waals surface area contributed by atoms with Crippen LogP contribution in [0.25, 0.3) is 56.2 Å². The van der Waals surface area contributed by atoms with E-state index in [1.165, 1.54) is 218 Å². The smallest absolute Gasteiger partial charge is 0.159 e. The van der Waals surface area contributed by atoms with Gasteiger partial charge in [-0.15, -0.1) is 0 Å². The second-order valence-electron chi connectivity index (χ2n) is 28.2. The van der Waals surface area contributed by atoms with Crippen LogP contribution in [0.1, 0.15) is 271 Å². The topological polar surface area (TPSA) is 107 Å². The van der Waals surface area contributed by atoms with E-state index in [2.05, 4.69) is 131 Å². The van der Waals surface area contributed by atoms with Crippen molar-refractivity contribution in [1.29, 1.82) is 0 Å². The Morgan fingerprint density at radius 1 is 0.196 bits per heavy atom. The predicted molar refractivity (Wildman–Crippen MR) is 427 cm³/mol. The number of ether oxygens (including phenoxy) is 6. The van der Waals surface area contributed by atoms with E-state index in [4.69, 9.17) is 28.4 Å². The minimum atomic E-state index is 0.717. The van der Waals surface area contributed by atoms with Gasteiger partial charge in [0.05, 0.1) is 39.6 Å². The first-order valence-corrected chi connectivity index (χ1v) is 40.6. The van der Waals surface area contributed by atoms with E-state index in [9.17, 15) is 0 Å². The van der Waals surface area contributed by atoms with Crippen molar-refractivity contribution in [3.63, 3.8) is 0 Å². The van der Waals surface area contributed by atoms with Crippen LogP contribution in [-0.4, -0.2) is 59.6 Å². The van der Waals surface area contributed by atoms with E-state index in [0.29, 0.717) is 11.6 Å². The Morgan fingerprint density at radius 2 is 0.402 bits per heavy atom. The largest absolute Gasteiger partial charge is 0.494 e. The first-order chi connectivity index (χ1) is 50.6. The fourth-order valence-electron chi connectivity index (χ4n) is 13.3. The van der Waals surface area contributed by atoms with Gasteiger partial charge in [-0.3, -0.25) is 0 Å². The number of unbranched alkanes of at least 4 members (excludes halogenated alkanes) is 36. The molecule has 0 saturated heterocycles. The summed E-state index contributed by atoms with van der Waals surface area (Å²) in [5, 5.41) is 0. The van der Waals surface area contributed by atoms with Gasteiger partial charge in [0, 0.05) is 58.2 Å². The fourth-order valence-corrected chi connectivity index (χ4v) is 13.3. The van der Waals surface area contributed by atoms with Gasteiger partial charge in [-0.2, -0.15) is 0 Å². The monoisotopic (exact) mass is 1380 g/mol. The summed E-state index contributed by atoms with van der Waals surface area (Å²) in [4.78, 5) is 18.8. The van der Waals surface area contributed by atoms with Crippen LogP contribution in [0.4, 0.5) is 0 Å². The quantitative estimate of drug-likeness (QED) is 0.0342. The zero-order valence-corrected chi connectivity index (χ0v) is 62.9. The third kappa shape index (κ3) is 32.3.